The number of nitrogens with two attached hydrogens (primary N) is 1. The number of anilines is 2. The first kappa shape index (κ1) is 14.4. The van der Waals surface area contributed by atoms with Crippen LogP contribution in [0.1, 0.15) is 15.9 Å². The molecule has 0 bridgehead atoms. The Morgan fingerprint density at radius 1 is 1.25 bits per heavy atom. The topological polar surface area (TPSA) is 67.2 Å². The monoisotopic (exact) mass is 333 g/mol. The Morgan fingerprint density at radius 3 is 2.65 bits per heavy atom. The van der Waals surface area contributed by atoms with Gasteiger partial charge in [0, 0.05) is 23.6 Å². The van der Waals surface area contributed by atoms with E-state index in [4.69, 9.17) is 5.73 Å². The zero-order chi connectivity index (χ0) is 14.5. The second kappa shape index (κ2) is 6.43. The number of rotatable bonds is 4. The van der Waals surface area contributed by atoms with E-state index in [0.29, 0.717) is 17.8 Å². The van der Waals surface area contributed by atoms with Crippen molar-refractivity contribution in [2.24, 2.45) is 0 Å². The minimum atomic E-state index is -0.144. The van der Waals surface area contributed by atoms with E-state index in [1.165, 1.54) is 0 Å². The Morgan fingerprint density at radius 2 is 2.00 bits per heavy atom. The van der Waals surface area contributed by atoms with E-state index in [0.717, 1.165) is 15.7 Å². The Kier molecular flexibility index (Phi) is 4.63. The highest BCUT2D eigenvalue weighted by atomic mass is 79.9. The molecular formula is C15H16BrN3O. The van der Waals surface area contributed by atoms with Crippen LogP contribution in [0.4, 0.5) is 11.4 Å². The van der Waals surface area contributed by atoms with Gasteiger partial charge in [0.1, 0.15) is 0 Å². The molecule has 0 saturated heterocycles. The maximum absolute atomic E-state index is 11.5. The summed E-state index contributed by atoms with van der Waals surface area (Å²) in [5, 5.41) is 5.84. The van der Waals surface area contributed by atoms with Crippen molar-refractivity contribution >= 4 is 33.2 Å². The van der Waals surface area contributed by atoms with Crippen LogP contribution in [0, 0.1) is 0 Å². The predicted molar refractivity (Wildman–Crippen MR) is 85.7 cm³/mol. The van der Waals surface area contributed by atoms with Gasteiger partial charge in [-0.2, -0.15) is 0 Å². The molecule has 5 heteroatoms. The average molecular weight is 334 g/mol. The van der Waals surface area contributed by atoms with Crippen molar-refractivity contribution < 1.29 is 4.79 Å². The fraction of sp³-hybridized carbons (Fsp3) is 0.133. The first-order valence-electron chi connectivity index (χ1n) is 6.20. The summed E-state index contributed by atoms with van der Waals surface area (Å²) in [6.45, 7) is 0.658. The second-order valence-corrected chi connectivity index (χ2v) is 5.18. The van der Waals surface area contributed by atoms with Gasteiger partial charge < -0.3 is 16.4 Å². The van der Waals surface area contributed by atoms with E-state index in [2.05, 4.69) is 26.6 Å². The molecule has 20 heavy (non-hydrogen) atoms. The number of amides is 1. The van der Waals surface area contributed by atoms with Crippen molar-refractivity contribution in [3.63, 3.8) is 0 Å². The molecule has 104 valence electrons. The molecule has 4 N–H and O–H groups in total. The van der Waals surface area contributed by atoms with Crippen molar-refractivity contribution in [1.29, 1.82) is 0 Å². The highest BCUT2D eigenvalue weighted by Crippen LogP contribution is 2.22. The summed E-state index contributed by atoms with van der Waals surface area (Å²) in [6.07, 6.45) is 0. The van der Waals surface area contributed by atoms with E-state index < -0.39 is 0 Å². The fourth-order valence-electron chi connectivity index (χ4n) is 1.84. The summed E-state index contributed by atoms with van der Waals surface area (Å²) in [5.74, 6) is -0.144. The Labute approximate surface area is 126 Å². The van der Waals surface area contributed by atoms with Crippen molar-refractivity contribution in [3.8, 4) is 0 Å². The molecule has 2 rings (SSSR count). The average Bonchev–Trinajstić information content (AvgIpc) is 2.46. The lowest BCUT2D eigenvalue weighted by molar-refractivity contribution is 0.0963. The molecule has 0 fully saturated rings. The smallest absolute Gasteiger partial charge is 0.251 e. The third kappa shape index (κ3) is 3.30. The van der Waals surface area contributed by atoms with Crippen LogP contribution in [-0.4, -0.2) is 13.0 Å². The number of halogens is 1. The molecule has 0 aliphatic carbocycles. The molecule has 0 radical (unpaired) electrons. The molecule has 0 aliphatic rings. The number of hydrogen-bond donors (Lipinski definition) is 3. The van der Waals surface area contributed by atoms with Gasteiger partial charge in [0.15, 0.2) is 0 Å². The van der Waals surface area contributed by atoms with E-state index in [-0.39, 0.29) is 5.91 Å². The third-order valence-corrected chi connectivity index (χ3v) is 3.74. The number of hydrogen-bond acceptors (Lipinski definition) is 3. The van der Waals surface area contributed by atoms with Crippen LogP contribution in [0.2, 0.25) is 0 Å². The van der Waals surface area contributed by atoms with Crippen LogP contribution < -0.4 is 16.4 Å². The van der Waals surface area contributed by atoms with E-state index in [1.54, 1.807) is 19.2 Å². The molecule has 0 aromatic heterocycles. The maximum atomic E-state index is 11.5. The minimum Gasteiger partial charge on any atom is -0.397 e. The van der Waals surface area contributed by atoms with E-state index >= 15 is 0 Å². The maximum Gasteiger partial charge on any atom is 0.251 e. The summed E-state index contributed by atoms with van der Waals surface area (Å²) in [6, 6.07) is 13.2. The summed E-state index contributed by atoms with van der Waals surface area (Å²) >= 11 is 3.50. The zero-order valence-corrected chi connectivity index (χ0v) is 12.7. The Bertz CT molecular complexity index is 628. The fourth-order valence-corrected chi connectivity index (χ4v) is 2.27. The molecule has 4 nitrogen and oxygen atoms in total. The largest absolute Gasteiger partial charge is 0.397 e. The predicted octanol–water partition coefficient (Wildman–Crippen LogP) is 3.00. The lowest BCUT2D eigenvalue weighted by atomic mass is 10.1. The van der Waals surface area contributed by atoms with Crippen LogP contribution in [0.3, 0.4) is 0 Å². The molecule has 0 heterocycles. The van der Waals surface area contributed by atoms with Gasteiger partial charge >= 0.3 is 0 Å². The summed E-state index contributed by atoms with van der Waals surface area (Å²) in [5.41, 5.74) is 9.02. The molecule has 2 aromatic rings. The van der Waals surface area contributed by atoms with Gasteiger partial charge in [-0.05, 0) is 29.8 Å². The Balaban J connectivity index is 2.11. The first-order valence-corrected chi connectivity index (χ1v) is 7.00. The molecule has 2 aromatic carbocycles. The first-order chi connectivity index (χ1) is 9.61. The molecule has 0 saturated carbocycles. The zero-order valence-electron chi connectivity index (χ0n) is 11.1. The van der Waals surface area contributed by atoms with Gasteiger partial charge in [0.25, 0.3) is 5.91 Å². The number of carbonyl (C=O) groups excluding carboxylic acids is 1. The van der Waals surface area contributed by atoms with Gasteiger partial charge in [0.05, 0.1) is 11.4 Å². The minimum absolute atomic E-state index is 0.144. The van der Waals surface area contributed by atoms with E-state index in [1.807, 2.05) is 30.3 Å². The van der Waals surface area contributed by atoms with Gasteiger partial charge in [-0.3, -0.25) is 4.79 Å². The summed E-state index contributed by atoms with van der Waals surface area (Å²) in [4.78, 5) is 11.5. The van der Waals surface area contributed by atoms with Crippen LogP contribution >= 0.6 is 15.9 Å². The van der Waals surface area contributed by atoms with E-state index in [9.17, 15) is 4.79 Å². The van der Waals surface area contributed by atoms with Crippen molar-refractivity contribution in [2.45, 2.75) is 6.54 Å². The van der Waals surface area contributed by atoms with Gasteiger partial charge in [-0.15, -0.1) is 0 Å². The Hall–Kier alpha value is -2.01. The highest BCUT2D eigenvalue weighted by molar-refractivity contribution is 9.10. The van der Waals surface area contributed by atoms with Crippen molar-refractivity contribution in [2.75, 3.05) is 18.1 Å². The molecular weight excluding hydrogens is 318 g/mol. The molecule has 1 amide bonds. The van der Waals surface area contributed by atoms with Crippen LogP contribution in [0.5, 0.6) is 0 Å². The van der Waals surface area contributed by atoms with Gasteiger partial charge in [0.2, 0.25) is 0 Å². The van der Waals surface area contributed by atoms with Crippen LogP contribution in [0.15, 0.2) is 46.9 Å². The lowest BCUT2D eigenvalue weighted by Crippen LogP contribution is -2.18. The second-order valence-electron chi connectivity index (χ2n) is 4.33. The summed E-state index contributed by atoms with van der Waals surface area (Å²) in [7, 11) is 1.59. The quantitative estimate of drug-likeness (QED) is 0.753. The number of carbonyl (C=O) groups is 1. The van der Waals surface area contributed by atoms with Gasteiger partial charge in [-0.25, -0.2) is 0 Å². The van der Waals surface area contributed by atoms with Gasteiger partial charge in [-0.1, -0.05) is 34.1 Å². The lowest BCUT2D eigenvalue weighted by Gasteiger charge is -2.11. The summed E-state index contributed by atoms with van der Waals surface area (Å²) < 4.78 is 1.05. The molecule has 0 aliphatic heterocycles. The SMILES string of the molecule is CNC(=O)c1ccc(NCc2ccccc2Br)c(N)c1. The van der Waals surface area contributed by atoms with Crippen molar-refractivity contribution in [1.82, 2.24) is 5.32 Å². The molecule has 0 spiro atoms. The number of nitrogen functional groups attached to an aromatic ring is 1. The van der Waals surface area contributed by atoms with Crippen molar-refractivity contribution in [3.05, 3.63) is 58.1 Å². The van der Waals surface area contributed by atoms with Crippen LogP contribution in [0.25, 0.3) is 0 Å². The number of benzene rings is 2. The highest BCUT2D eigenvalue weighted by Gasteiger charge is 2.06. The molecule has 0 unspecified atom stereocenters. The standard InChI is InChI=1S/C15H16BrN3O/c1-18-15(20)10-6-7-14(13(17)8-10)19-9-11-4-2-3-5-12(11)16/h2-8,19H,9,17H2,1H3,(H,18,20). The number of nitrogens with one attached hydrogen (secondary N) is 2. The van der Waals surface area contributed by atoms with Crippen LogP contribution in [-0.2, 0) is 6.54 Å². The normalized spacial score (nSPS) is 10.1. The third-order valence-electron chi connectivity index (χ3n) is 2.97. The molecule has 0 atom stereocenters.